The molecule has 0 aromatic rings. The topological polar surface area (TPSA) is 26.0 Å². The van der Waals surface area contributed by atoms with Crippen LogP contribution in [0, 0.1) is 0 Å². The smallest absolute Gasteiger partial charge is 0.277 e. The molecule has 8 heavy (non-hydrogen) atoms. The van der Waals surface area contributed by atoms with Gasteiger partial charge in [-0.1, -0.05) is 0 Å². The summed E-state index contributed by atoms with van der Waals surface area (Å²) in [5.41, 5.74) is 4.74. The van der Waals surface area contributed by atoms with E-state index in [1.807, 2.05) is 0 Å². The lowest BCUT2D eigenvalue weighted by Crippen LogP contribution is -2.22. The van der Waals surface area contributed by atoms with E-state index in [1.165, 1.54) is 0 Å². The third-order valence-corrected chi connectivity index (χ3v) is 0.706. The fourth-order valence-electron chi connectivity index (χ4n) is 0.278. The lowest BCUT2D eigenvalue weighted by atomic mass is 10.3. The van der Waals surface area contributed by atoms with Gasteiger partial charge in [0.25, 0.3) is 5.92 Å². The van der Waals surface area contributed by atoms with Crippen LogP contribution in [0.3, 0.4) is 0 Å². The zero-order chi connectivity index (χ0) is 6.62. The van der Waals surface area contributed by atoms with Gasteiger partial charge in [-0.3, -0.25) is 0 Å². The standard InChI is InChI=1S/C4H8F3N/c5-3-4(6,7)1-2-8/h1-3,8H2. The average Bonchev–Trinajstić information content (AvgIpc) is 1.67. The Labute approximate surface area is 45.7 Å². The molecule has 0 bridgehead atoms. The fourth-order valence-corrected chi connectivity index (χ4v) is 0.278. The second-order valence-electron chi connectivity index (χ2n) is 1.53. The molecule has 0 saturated heterocycles. The van der Waals surface area contributed by atoms with Gasteiger partial charge in [-0.2, -0.15) is 0 Å². The molecular weight excluding hydrogens is 119 g/mol. The molecule has 0 aromatic heterocycles. The van der Waals surface area contributed by atoms with E-state index in [0.717, 1.165) is 0 Å². The highest BCUT2D eigenvalue weighted by Crippen LogP contribution is 2.16. The summed E-state index contributed by atoms with van der Waals surface area (Å²) in [5.74, 6) is -3.20. The van der Waals surface area contributed by atoms with Crippen LogP contribution in [0.5, 0.6) is 0 Å². The van der Waals surface area contributed by atoms with E-state index >= 15 is 0 Å². The lowest BCUT2D eigenvalue weighted by Gasteiger charge is -2.08. The van der Waals surface area contributed by atoms with E-state index in [2.05, 4.69) is 0 Å². The van der Waals surface area contributed by atoms with Gasteiger partial charge < -0.3 is 5.73 Å². The van der Waals surface area contributed by atoms with Crippen LogP contribution in [-0.4, -0.2) is 19.1 Å². The maximum absolute atomic E-state index is 11.7. The highest BCUT2D eigenvalue weighted by Gasteiger charge is 2.26. The van der Waals surface area contributed by atoms with Gasteiger partial charge >= 0.3 is 0 Å². The van der Waals surface area contributed by atoms with Gasteiger partial charge in [0.2, 0.25) is 0 Å². The summed E-state index contributed by atoms with van der Waals surface area (Å²) in [7, 11) is 0. The zero-order valence-corrected chi connectivity index (χ0v) is 4.33. The van der Waals surface area contributed by atoms with E-state index in [4.69, 9.17) is 5.73 Å². The Morgan fingerprint density at radius 1 is 1.38 bits per heavy atom. The van der Waals surface area contributed by atoms with Gasteiger partial charge in [-0.15, -0.1) is 0 Å². The van der Waals surface area contributed by atoms with Crippen LogP contribution < -0.4 is 5.73 Å². The Kier molecular flexibility index (Phi) is 2.82. The second kappa shape index (κ2) is 2.91. The van der Waals surface area contributed by atoms with E-state index in [9.17, 15) is 13.2 Å². The summed E-state index contributed by atoms with van der Waals surface area (Å²) in [6.07, 6.45) is -0.566. The molecule has 0 spiro atoms. The predicted octanol–water partition coefficient (Wildman–Crippen LogP) is 0.940. The summed E-state index contributed by atoms with van der Waals surface area (Å²) in [4.78, 5) is 0. The quantitative estimate of drug-likeness (QED) is 0.599. The summed E-state index contributed by atoms with van der Waals surface area (Å²) in [5, 5.41) is 0. The van der Waals surface area contributed by atoms with Crippen molar-refractivity contribution in [1.82, 2.24) is 0 Å². The highest BCUT2D eigenvalue weighted by molar-refractivity contribution is 4.63. The average molecular weight is 127 g/mol. The van der Waals surface area contributed by atoms with Gasteiger partial charge in [-0.25, -0.2) is 13.2 Å². The molecule has 0 aromatic carbocycles. The SMILES string of the molecule is NCCC(F)(F)CF. The first-order chi connectivity index (χ1) is 3.62. The second-order valence-corrected chi connectivity index (χ2v) is 1.53. The van der Waals surface area contributed by atoms with Crippen LogP contribution in [0.25, 0.3) is 0 Å². The maximum Gasteiger partial charge on any atom is 0.277 e. The molecule has 0 atom stereocenters. The Balaban J connectivity index is 3.37. The van der Waals surface area contributed by atoms with Crippen molar-refractivity contribution < 1.29 is 13.2 Å². The number of nitrogens with two attached hydrogens (primary N) is 1. The van der Waals surface area contributed by atoms with Crippen molar-refractivity contribution in [2.24, 2.45) is 5.73 Å². The highest BCUT2D eigenvalue weighted by atomic mass is 19.3. The monoisotopic (exact) mass is 127 g/mol. The molecule has 4 heteroatoms. The van der Waals surface area contributed by atoms with E-state index in [1.54, 1.807) is 0 Å². The largest absolute Gasteiger partial charge is 0.330 e. The number of alkyl halides is 3. The van der Waals surface area contributed by atoms with E-state index in [-0.39, 0.29) is 6.54 Å². The first kappa shape index (κ1) is 7.75. The predicted molar refractivity (Wildman–Crippen MR) is 24.6 cm³/mol. The van der Waals surface area contributed by atoms with Crippen molar-refractivity contribution in [3.05, 3.63) is 0 Å². The molecule has 0 radical (unpaired) electrons. The van der Waals surface area contributed by atoms with Crippen molar-refractivity contribution in [1.29, 1.82) is 0 Å². The third-order valence-electron chi connectivity index (χ3n) is 0.706. The first-order valence-electron chi connectivity index (χ1n) is 2.26. The van der Waals surface area contributed by atoms with Crippen molar-refractivity contribution in [2.45, 2.75) is 12.3 Å². The third kappa shape index (κ3) is 2.85. The fraction of sp³-hybridized carbons (Fsp3) is 1.00. The molecule has 0 aliphatic rings. The summed E-state index contributed by atoms with van der Waals surface area (Å²) in [6.45, 7) is -1.78. The Bertz CT molecular complexity index is 64.3. The molecule has 0 fully saturated rings. The molecule has 0 rings (SSSR count). The molecule has 0 amide bonds. The zero-order valence-electron chi connectivity index (χ0n) is 4.33. The Morgan fingerprint density at radius 2 is 1.88 bits per heavy atom. The van der Waals surface area contributed by atoms with Gasteiger partial charge in [0.05, 0.1) is 0 Å². The Morgan fingerprint density at radius 3 is 2.00 bits per heavy atom. The first-order valence-corrected chi connectivity index (χ1v) is 2.26. The van der Waals surface area contributed by atoms with Gasteiger partial charge in [0, 0.05) is 6.42 Å². The van der Waals surface area contributed by atoms with Crippen LogP contribution in [0.1, 0.15) is 6.42 Å². The van der Waals surface area contributed by atoms with Crippen LogP contribution in [0.2, 0.25) is 0 Å². The van der Waals surface area contributed by atoms with Crippen LogP contribution in [0.15, 0.2) is 0 Å². The van der Waals surface area contributed by atoms with Crippen molar-refractivity contribution >= 4 is 0 Å². The van der Waals surface area contributed by atoms with Crippen LogP contribution >= 0.6 is 0 Å². The van der Waals surface area contributed by atoms with Crippen LogP contribution in [-0.2, 0) is 0 Å². The summed E-state index contributed by atoms with van der Waals surface area (Å²) < 4.78 is 34.5. The molecule has 0 heterocycles. The van der Waals surface area contributed by atoms with Crippen molar-refractivity contribution in [3.8, 4) is 0 Å². The number of hydrogen-bond donors (Lipinski definition) is 1. The summed E-state index contributed by atoms with van der Waals surface area (Å²) in [6, 6.07) is 0. The molecule has 0 aliphatic carbocycles. The van der Waals surface area contributed by atoms with Gasteiger partial charge in [0.1, 0.15) is 0 Å². The molecular formula is C4H8F3N. The van der Waals surface area contributed by atoms with Crippen LogP contribution in [0.4, 0.5) is 13.2 Å². The van der Waals surface area contributed by atoms with Crippen molar-refractivity contribution in [2.75, 3.05) is 13.2 Å². The van der Waals surface area contributed by atoms with E-state index in [0.29, 0.717) is 0 Å². The van der Waals surface area contributed by atoms with Crippen molar-refractivity contribution in [3.63, 3.8) is 0 Å². The number of rotatable bonds is 3. The minimum absolute atomic E-state index is 0.170. The molecule has 2 N–H and O–H groups in total. The molecule has 50 valence electrons. The molecule has 1 nitrogen and oxygen atoms in total. The minimum Gasteiger partial charge on any atom is -0.330 e. The number of halogens is 3. The van der Waals surface area contributed by atoms with E-state index < -0.39 is 19.0 Å². The normalized spacial score (nSPS) is 12.0. The molecule has 0 aliphatic heterocycles. The Hall–Kier alpha value is -0.250. The lowest BCUT2D eigenvalue weighted by molar-refractivity contribution is -0.0276. The molecule has 0 saturated carbocycles. The minimum atomic E-state index is -3.20. The van der Waals surface area contributed by atoms with Gasteiger partial charge in [0.15, 0.2) is 6.67 Å². The maximum atomic E-state index is 11.7. The summed E-state index contributed by atoms with van der Waals surface area (Å²) >= 11 is 0. The molecule has 0 unspecified atom stereocenters. The van der Waals surface area contributed by atoms with Gasteiger partial charge in [-0.05, 0) is 6.54 Å². The number of hydrogen-bond acceptors (Lipinski definition) is 1.